The highest BCUT2D eigenvalue weighted by atomic mass is 16.2. The number of aromatic nitrogens is 5. The molecular weight excluding hydrogens is 356 g/mol. The molecule has 4 rings (SSSR count). The minimum atomic E-state index is -0.163. The van der Waals surface area contributed by atoms with Crippen LogP contribution in [0.2, 0.25) is 0 Å². The van der Waals surface area contributed by atoms with Crippen LogP contribution in [0.1, 0.15) is 18.5 Å². The minimum Gasteiger partial charge on any atom is -0.356 e. The van der Waals surface area contributed by atoms with E-state index in [9.17, 15) is 4.79 Å². The standard InChI is InChI=1S/C19H22N8O/c1-14-10-17(26-8-2-3-9-26)25-19(22-14)24-16-6-4-15(5-7-16)23-18(28)11-27-13-20-12-21-27/h4-7,10,12-13H,2-3,8-9,11H2,1H3,(H,23,28)(H,22,24,25). The molecule has 0 unspecified atom stereocenters. The lowest BCUT2D eigenvalue weighted by Gasteiger charge is -2.17. The second-order valence-corrected chi connectivity index (χ2v) is 6.73. The van der Waals surface area contributed by atoms with E-state index in [1.54, 1.807) is 0 Å². The van der Waals surface area contributed by atoms with E-state index in [-0.39, 0.29) is 12.5 Å². The second-order valence-electron chi connectivity index (χ2n) is 6.73. The van der Waals surface area contributed by atoms with Gasteiger partial charge in [-0.05, 0) is 44.0 Å². The van der Waals surface area contributed by atoms with E-state index < -0.39 is 0 Å². The van der Waals surface area contributed by atoms with Crippen molar-refractivity contribution in [3.8, 4) is 0 Å². The van der Waals surface area contributed by atoms with Crippen molar-refractivity contribution >= 4 is 29.0 Å². The van der Waals surface area contributed by atoms with E-state index in [1.807, 2.05) is 37.3 Å². The van der Waals surface area contributed by atoms with Gasteiger partial charge in [-0.15, -0.1) is 0 Å². The van der Waals surface area contributed by atoms with Gasteiger partial charge in [-0.3, -0.25) is 4.79 Å². The van der Waals surface area contributed by atoms with Gasteiger partial charge in [0.2, 0.25) is 11.9 Å². The van der Waals surface area contributed by atoms with Crippen LogP contribution in [0.5, 0.6) is 0 Å². The Bertz CT molecular complexity index is 933. The summed E-state index contributed by atoms with van der Waals surface area (Å²) < 4.78 is 1.47. The van der Waals surface area contributed by atoms with Crippen molar-refractivity contribution in [3.05, 3.63) is 48.7 Å². The number of rotatable bonds is 6. The van der Waals surface area contributed by atoms with Crippen LogP contribution in [0.4, 0.5) is 23.1 Å². The molecule has 28 heavy (non-hydrogen) atoms. The summed E-state index contributed by atoms with van der Waals surface area (Å²) in [4.78, 5) is 27.2. The Hall–Kier alpha value is -3.49. The average molecular weight is 378 g/mol. The first kappa shape index (κ1) is 17.9. The van der Waals surface area contributed by atoms with Crippen molar-refractivity contribution in [3.63, 3.8) is 0 Å². The molecule has 9 heteroatoms. The minimum absolute atomic E-state index is 0.121. The van der Waals surface area contributed by atoms with Crippen LogP contribution in [0.15, 0.2) is 43.0 Å². The number of carbonyl (C=O) groups excluding carboxylic acids is 1. The molecule has 1 aromatic carbocycles. The molecule has 2 aromatic heterocycles. The number of amides is 1. The Morgan fingerprint density at radius 2 is 1.86 bits per heavy atom. The van der Waals surface area contributed by atoms with Crippen molar-refractivity contribution in [1.82, 2.24) is 24.7 Å². The topological polar surface area (TPSA) is 101 Å². The molecule has 0 aliphatic carbocycles. The van der Waals surface area contributed by atoms with Crippen molar-refractivity contribution in [2.75, 3.05) is 28.6 Å². The number of anilines is 4. The lowest BCUT2D eigenvalue weighted by atomic mass is 10.2. The molecule has 1 fully saturated rings. The summed E-state index contributed by atoms with van der Waals surface area (Å²) in [5.41, 5.74) is 2.49. The maximum atomic E-state index is 12.0. The van der Waals surface area contributed by atoms with E-state index in [0.717, 1.165) is 30.3 Å². The van der Waals surface area contributed by atoms with E-state index in [4.69, 9.17) is 0 Å². The molecule has 0 spiro atoms. The number of hydrogen-bond donors (Lipinski definition) is 2. The number of hydrogen-bond acceptors (Lipinski definition) is 7. The summed E-state index contributed by atoms with van der Waals surface area (Å²) in [7, 11) is 0. The summed E-state index contributed by atoms with van der Waals surface area (Å²) in [5, 5.41) is 9.99. The van der Waals surface area contributed by atoms with Gasteiger partial charge in [-0.1, -0.05) is 0 Å². The van der Waals surface area contributed by atoms with Crippen LogP contribution in [0.3, 0.4) is 0 Å². The summed E-state index contributed by atoms with van der Waals surface area (Å²) >= 11 is 0. The van der Waals surface area contributed by atoms with Gasteiger partial charge < -0.3 is 15.5 Å². The third kappa shape index (κ3) is 4.43. The fourth-order valence-corrected chi connectivity index (χ4v) is 3.14. The van der Waals surface area contributed by atoms with Gasteiger partial charge in [-0.2, -0.15) is 10.1 Å². The fraction of sp³-hybridized carbons (Fsp3) is 0.316. The summed E-state index contributed by atoms with van der Waals surface area (Å²) in [6, 6.07) is 9.44. The Kier molecular flexibility index (Phi) is 5.14. The zero-order valence-corrected chi connectivity index (χ0v) is 15.7. The molecule has 1 aliphatic rings. The largest absolute Gasteiger partial charge is 0.356 e. The number of benzene rings is 1. The first-order chi connectivity index (χ1) is 13.7. The molecule has 0 radical (unpaired) electrons. The number of nitrogens with one attached hydrogen (secondary N) is 2. The van der Waals surface area contributed by atoms with Crippen LogP contribution in [0, 0.1) is 6.92 Å². The summed E-state index contributed by atoms with van der Waals surface area (Å²) in [6.07, 6.45) is 5.31. The lowest BCUT2D eigenvalue weighted by Crippen LogP contribution is -2.20. The molecule has 9 nitrogen and oxygen atoms in total. The predicted molar refractivity (Wildman–Crippen MR) is 107 cm³/mol. The van der Waals surface area contributed by atoms with Crippen molar-refractivity contribution in [2.45, 2.75) is 26.3 Å². The molecule has 144 valence electrons. The van der Waals surface area contributed by atoms with Gasteiger partial charge >= 0.3 is 0 Å². The number of nitrogens with zero attached hydrogens (tertiary/aromatic N) is 6. The van der Waals surface area contributed by atoms with Crippen molar-refractivity contribution in [2.24, 2.45) is 0 Å². The van der Waals surface area contributed by atoms with Gasteiger partial charge in [0.05, 0.1) is 0 Å². The molecule has 0 bridgehead atoms. The number of aryl methyl sites for hydroxylation is 1. The normalized spacial score (nSPS) is 13.5. The van der Waals surface area contributed by atoms with Gasteiger partial charge in [0.25, 0.3) is 0 Å². The Balaban J connectivity index is 1.39. The molecule has 1 aliphatic heterocycles. The predicted octanol–water partition coefficient (Wildman–Crippen LogP) is 2.36. The Morgan fingerprint density at radius 1 is 1.11 bits per heavy atom. The molecular formula is C19H22N8O. The van der Waals surface area contributed by atoms with Crippen molar-refractivity contribution in [1.29, 1.82) is 0 Å². The Labute approximate surface area is 162 Å². The first-order valence-electron chi connectivity index (χ1n) is 9.26. The molecule has 1 amide bonds. The van der Waals surface area contributed by atoms with E-state index >= 15 is 0 Å². The van der Waals surface area contributed by atoms with Gasteiger partial charge in [0.15, 0.2) is 0 Å². The van der Waals surface area contributed by atoms with Gasteiger partial charge in [0, 0.05) is 36.2 Å². The maximum absolute atomic E-state index is 12.0. The highest BCUT2D eigenvalue weighted by Crippen LogP contribution is 2.22. The van der Waals surface area contributed by atoms with Gasteiger partial charge in [-0.25, -0.2) is 14.6 Å². The third-order valence-corrected chi connectivity index (χ3v) is 4.47. The lowest BCUT2D eigenvalue weighted by molar-refractivity contribution is -0.116. The van der Waals surface area contributed by atoms with E-state index in [1.165, 1.54) is 30.2 Å². The monoisotopic (exact) mass is 378 g/mol. The number of carbonyl (C=O) groups is 1. The van der Waals surface area contributed by atoms with Crippen LogP contribution in [0.25, 0.3) is 0 Å². The summed E-state index contributed by atoms with van der Waals surface area (Å²) in [5.74, 6) is 1.37. The van der Waals surface area contributed by atoms with Crippen LogP contribution < -0.4 is 15.5 Å². The summed E-state index contributed by atoms with van der Waals surface area (Å²) in [6.45, 7) is 4.17. The molecule has 3 aromatic rings. The smallest absolute Gasteiger partial charge is 0.246 e. The zero-order valence-electron chi connectivity index (χ0n) is 15.7. The first-order valence-corrected chi connectivity index (χ1v) is 9.26. The molecule has 0 atom stereocenters. The van der Waals surface area contributed by atoms with Crippen LogP contribution >= 0.6 is 0 Å². The highest BCUT2D eigenvalue weighted by molar-refractivity contribution is 5.90. The molecule has 2 N–H and O–H groups in total. The van der Waals surface area contributed by atoms with Crippen LogP contribution in [-0.2, 0) is 11.3 Å². The average Bonchev–Trinajstić information content (AvgIpc) is 3.37. The SMILES string of the molecule is Cc1cc(N2CCCC2)nc(Nc2ccc(NC(=O)Cn3cncn3)cc2)n1. The quantitative estimate of drug-likeness (QED) is 0.679. The second kappa shape index (κ2) is 8.03. The molecule has 1 saturated heterocycles. The van der Waals surface area contributed by atoms with Crippen LogP contribution in [-0.4, -0.2) is 43.7 Å². The molecule has 0 saturated carbocycles. The van der Waals surface area contributed by atoms with E-state index in [0.29, 0.717) is 11.6 Å². The third-order valence-electron chi connectivity index (χ3n) is 4.47. The molecule has 3 heterocycles. The highest BCUT2D eigenvalue weighted by Gasteiger charge is 2.15. The maximum Gasteiger partial charge on any atom is 0.246 e. The van der Waals surface area contributed by atoms with E-state index in [2.05, 4.69) is 35.6 Å². The Morgan fingerprint density at radius 3 is 2.57 bits per heavy atom. The van der Waals surface area contributed by atoms with Gasteiger partial charge in [0.1, 0.15) is 25.0 Å². The fourth-order valence-electron chi connectivity index (χ4n) is 3.14. The van der Waals surface area contributed by atoms with Crippen molar-refractivity contribution < 1.29 is 4.79 Å². The zero-order chi connectivity index (χ0) is 19.3.